The van der Waals surface area contributed by atoms with Gasteiger partial charge in [0.1, 0.15) is 17.3 Å². The fourth-order valence-electron chi connectivity index (χ4n) is 2.32. The lowest BCUT2D eigenvalue weighted by atomic mass is 10.1. The molecular weight excluding hydrogens is 287 g/mol. The predicted octanol–water partition coefficient (Wildman–Crippen LogP) is 2.55. The van der Waals surface area contributed by atoms with E-state index in [4.69, 9.17) is 4.52 Å². The minimum Gasteiger partial charge on any atom is -0.361 e. The molecule has 0 aliphatic carbocycles. The molecule has 6 nitrogen and oxygen atoms in total. The first-order valence-corrected chi connectivity index (χ1v) is 6.67. The summed E-state index contributed by atoms with van der Waals surface area (Å²) in [5, 5.41) is 11.7. The minimum atomic E-state index is -0.437. The van der Waals surface area contributed by atoms with E-state index in [-0.39, 0.29) is 11.3 Å². The zero-order chi connectivity index (χ0) is 15.7. The summed E-state index contributed by atoms with van der Waals surface area (Å²) in [6.45, 7) is 3.90. The number of aldehydes is 1. The molecule has 112 valence electrons. The molecule has 0 unspecified atom stereocenters. The Kier molecular flexibility index (Phi) is 3.54. The lowest BCUT2D eigenvalue weighted by molar-refractivity contribution is 0.111. The lowest BCUT2D eigenvalue weighted by Crippen LogP contribution is -2.06. The van der Waals surface area contributed by atoms with E-state index in [1.807, 2.05) is 6.92 Å². The quantitative estimate of drug-likeness (QED) is 0.692. The molecule has 3 aromatic rings. The van der Waals surface area contributed by atoms with E-state index in [1.54, 1.807) is 25.1 Å². The number of benzene rings is 1. The van der Waals surface area contributed by atoms with E-state index in [0.717, 1.165) is 11.3 Å². The zero-order valence-electron chi connectivity index (χ0n) is 12.1. The highest BCUT2D eigenvalue weighted by atomic mass is 19.1. The summed E-state index contributed by atoms with van der Waals surface area (Å²) >= 11 is 0. The molecule has 0 radical (unpaired) electrons. The van der Waals surface area contributed by atoms with E-state index < -0.39 is 5.82 Å². The second-order valence-corrected chi connectivity index (χ2v) is 4.88. The molecule has 0 saturated carbocycles. The van der Waals surface area contributed by atoms with Gasteiger partial charge >= 0.3 is 0 Å². The first-order valence-electron chi connectivity index (χ1n) is 6.67. The summed E-state index contributed by atoms with van der Waals surface area (Å²) < 4.78 is 20.7. The fraction of sp³-hybridized carbons (Fsp3) is 0.200. The molecule has 0 saturated heterocycles. The van der Waals surface area contributed by atoms with Crippen LogP contribution in [0.3, 0.4) is 0 Å². The number of halogens is 1. The largest absolute Gasteiger partial charge is 0.361 e. The molecule has 0 N–H and O–H groups in total. The van der Waals surface area contributed by atoms with Crippen LogP contribution in [-0.4, -0.2) is 26.4 Å². The van der Waals surface area contributed by atoms with Crippen LogP contribution in [0.25, 0.3) is 11.3 Å². The van der Waals surface area contributed by atoms with Gasteiger partial charge in [-0.05, 0) is 26.0 Å². The van der Waals surface area contributed by atoms with Gasteiger partial charge < -0.3 is 4.52 Å². The molecule has 2 heterocycles. The predicted molar refractivity (Wildman–Crippen MR) is 75.9 cm³/mol. The summed E-state index contributed by atoms with van der Waals surface area (Å²) in [6.07, 6.45) is 0.568. The van der Waals surface area contributed by atoms with Gasteiger partial charge in [-0.15, -0.1) is 5.10 Å². The van der Waals surface area contributed by atoms with Crippen LogP contribution in [-0.2, 0) is 6.54 Å². The fourth-order valence-corrected chi connectivity index (χ4v) is 2.32. The smallest absolute Gasteiger partial charge is 0.172 e. The van der Waals surface area contributed by atoms with Gasteiger partial charge in [0.25, 0.3) is 0 Å². The molecule has 1 aromatic carbocycles. The van der Waals surface area contributed by atoms with Gasteiger partial charge in [0.05, 0.1) is 12.2 Å². The van der Waals surface area contributed by atoms with Crippen LogP contribution >= 0.6 is 0 Å². The number of aromatic nitrogens is 4. The Morgan fingerprint density at radius 3 is 2.73 bits per heavy atom. The van der Waals surface area contributed by atoms with E-state index in [9.17, 15) is 9.18 Å². The summed E-state index contributed by atoms with van der Waals surface area (Å²) in [5.41, 5.74) is 2.27. The molecule has 2 aromatic heterocycles. The van der Waals surface area contributed by atoms with Crippen molar-refractivity contribution in [1.29, 1.82) is 0 Å². The van der Waals surface area contributed by atoms with Crippen molar-refractivity contribution in [3.8, 4) is 11.3 Å². The molecule has 3 rings (SSSR count). The minimum absolute atomic E-state index is 0.0943. The highest BCUT2D eigenvalue weighted by Crippen LogP contribution is 2.26. The Balaban J connectivity index is 2.12. The Morgan fingerprint density at radius 1 is 1.32 bits per heavy atom. The van der Waals surface area contributed by atoms with Crippen molar-refractivity contribution in [3.05, 3.63) is 52.8 Å². The number of aryl methyl sites for hydroxylation is 2. The Morgan fingerprint density at radius 2 is 2.09 bits per heavy atom. The average molecular weight is 300 g/mol. The summed E-state index contributed by atoms with van der Waals surface area (Å²) in [7, 11) is 0. The van der Waals surface area contributed by atoms with E-state index in [0.29, 0.717) is 24.3 Å². The molecule has 22 heavy (non-hydrogen) atoms. The van der Waals surface area contributed by atoms with Crippen molar-refractivity contribution < 1.29 is 13.7 Å². The van der Waals surface area contributed by atoms with E-state index in [2.05, 4.69) is 15.5 Å². The van der Waals surface area contributed by atoms with Crippen LogP contribution in [0.4, 0.5) is 4.39 Å². The van der Waals surface area contributed by atoms with Crippen molar-refractivity contribution in [2.45, 2.75) is 20.4 Å². The van der Waals surface area contributed by atoms with Gasteiger partial charge in [-0.2, -0.15) is 0 Å². The maximum Gasteiger partial charge on any atom is 0.172 e. The van der Waals surface area contributed by atoms with E-state index >= 15 is 0 Å². The molecule has 0 fully saturated rings. The zero-order valence-corrected chi connectivity index (χ0v) is 12.1. The second-order valence-electron chi connectivity index (χ2n) is 4.88. The van der Waals surface area contributed by atoms with Gasteiger partial charge in [-0.3, -0.25) is 4.79 Å². The van der Waals surface area contributed by atoms with Crippen LogP contribution in [0.5, 0.6) is 0 Å². The first-order chi connectivity index (χ1) is 10.6. The van der Waals surface area contributed by atoms with Crippen LogP contribution in [0.2, 0.25) is 0 Å². The highest BCUT2D eigenvalue weighted by Gasteiger charge is 2.20. The van der Waals surface area contributed by atoms with Crippen LogP contribution in [0.15, 0.2) is 28.8 Å². The number of hydrogen-bond acceptors (Lipinski definition) is 5. The van der Waals surface area contributed by atoms with Crippen molar-refractivity contribution in [2.75, 3.05) is 0 Å². The van der Waals surface area contributed by atoms with Gasteiger partial charge in [0.15, 0.2) is 12.0 Å². The van der Waals surface area contributed by atoms with Gasteiger partial charge in [-0.1, -0.05) is 22.5 Å². The molecule has 0 bridgehead atoms. The number of nitrogens with zero attached hydrogens (tertiary/aromatic N) is 4. The summed E-state index contributed by atoms with van der Waals surface area (Å²) in [4.78, 5) is 11.2. The normalized spacial score (nSPS) is 10.9. The third-order valence-electron chi connectivity index (χ3n) is 3.49. The Labute approximate surface area is 125 Å². The Hall–Kier alpha value is -2.83. The number of hydrogen-bond donors (Lipinski definition) is 0. The third kappa shape index (κ3) is 2.30. The van der Waals surface area contributed by atoms with Crippen LogP contribution in [0, 0.1) is 19.7 Å². The van der Waals surface area contributed by atoms with Crippen molar-refractivity contribution in [2.24, 2.45) is 0 Å². The molecule has 0 amide bonds. The van der Waals surface area contributed by atoms with Crippen molar-refractivity contribution >= 4 is 6.29 Å². The van der Waals surface area contributed by atoms with Crippen LogP contribution < -0.4 is 0 Å². The second kappa shape index (κ2) is 5.51. The molecule has 7 heteroatoms. The number of carbonyl (C=O) groups excluding carboxylic acids is 1. The number of carbonyl (C=O) groups is 1. The maximum absolute atomic E-state index is 14.1. The third-order valence-corrected chi connectivity index (χ3v) is 3.49. The summed E-state index contributed by atoms with van der Waals surface area (Å²) in [5.74, 6) is 0.216. The average Bonchev–Trinajstić information content (AvgIpc) is 3.06. The lowest BCUT2D eigenvalue weighted by Gasteiger charge is -2.07. The van der Waals surface area contributed by atoms with E-state index in [1.165, 1.54) is 10.7 Å². The standard InChI is InChI=1S/C15H13FN4O2/c1-9-12(10(2)22-18-9)7-20-15(14(8-21)17-19-20)11-5-3-4-6-13(11)16/h3-6,8H,7H2,1-2H3. The monoisotopic (exact) mass is 300 g/mol. The Bertz CT molecular complexity index is 818. The number of rotatable bonds is 4. The van der Waals surface area contributed by atoms with Gasteiger partial charge in [0, 0.05) is 11.1 Å². The SMILES string of the molecule is Cc1noc(C)c1Cn1nnc(C=O)c1-c1ccccc1F. The first kappa shape index (κ1) is 14.1. The maximum atomic E-state index is 14.1. The molecule has 0 aliphatic heterocycles. The van der Waals surface area contributed by atoms with Crippen molar-refractivity contribution in [1.82, 2.24) is 20.2 Å². The molecule has 0 atom stereocenters. The molecule has 0 aliphatic rings. The topological polar surface area (TPSA) is 73.8 Å². The molecular formula is C15H13FN4O2. The highest BCUT2D eigenvalue weighted by molar-refractivity contribution is 5.83. The summed E-state index contributed by atoms with van der Waals surface area (Å²) in [6, 6.07) is 6.20. The van der Waals surface area contributed by atoms with Crippen LogP contribution in [0.1, 0.15) is 27.5 Å². The van der Waals surface area contributed by atoms with Gasteiger partial charge in [-0.25, -0.2) is 9.07 Å². The van der Waals surface area contributed by atoms with Gasteiger partial charge in [0.2, 0.25) is 0 Å². The molecule has 0 spiro atoms. The van der Waals surface area contributed by atoms with Crippen molar-refractivity contribution in [3.63, 3.8) is 0 Å².